The summed E-state index contributed by atoms with van der Waals surface area (Å²) < 4.78 is 0. The van der Waals surface area contributed by atoms with Gasteiger partial charge in [-0.2, -0.15) is 0 Å². The zero-order valence-electron chi connectivity index (χ0n) is 8.89. The van der Waals surface area contributed by atoms with Crippen LogP contribution in [0.4, 0.5) is 0 Å². The first kappa shape index (κ1) is 9.13. The van der Waals surface area contributed by atoms with E-state index in [2.05, 4.69) is 15.5 Å². The molecular weight excluding hydrogens is 174 g/mol. The van der Waals surface area contributed by atoms with Crippen molar-refractivity contribution in [3.8, 4) is 0 Å². The third kappa shape index (κ3) is 1.47. The molecule has 3 saturated heterocycles. The van der Waals surface area contributed by atoms with Gasteiger partial charge in [0.05, 0.1) is 0 Å². The third-order valence-corrected chi connectivity index (χ3v) is 4.23. The molecule has 14 heavy (non-hydrogen) atoms. The van der Waals surface area contributed by atoms with Crippen molar-refractivity contribution in [3.63, 3.8) is 0 Å². The molecule has 3 fully saturated rings. The smallest absolute Gasteiger partial charge is 0.0120 e. The lowest BCUT2D eigenvalue weighted by atomic mass is 9.77. The Bertz CT molecular complexity index is 197. The lowest BCUT2D eigenvalue weighted by Gasteiger charge is -2.52. The van der Waals surface area contributed by atoms with Crippen LogP contribution in [0.25, 0.3) is 0 Å². The van der Waals surface area contributed by atoms with E-state index in [1.807, 2.05) is 0 Å². The van der Waals surface area contributed by atoms with Crippen molar-refractivity contribution in [2.24, 2.45) is 5.41 Å². The summed E-state index contributed by atoms with van der Waals surface area (Å²) in [5, 5.41) is 6.94. The molecule has 0 aromatic carbocycles. The first-order valence-electron chi connectivity index (χ1n) is 6.04. The van der Waals surface area contributed by atoms with Crippen LogP contribution in [0.3, 0.4) is 0 Å². The maximum absolute atomic E-state index is 3.50. The lowest BCUT2D eigenvalue weighted by molar-refractivity contribution is -0.0262. The number of nitrogens with one attached hydrogen (secondary N) is 2. The van der Waals surface area contributed by atoms with Crippen molar-refractivity contribution in [2.75, 3.05) is 39.3 Å². The molecule has 3 heteroatoms. The number of likely N-dealkylation sites (tertiary alicyclic amines) is 1. The third-order valence-electron chi connectivity index (χ3n) is 4.23. The quantitative estimate of drug-likeness (QED) is 0.618. The molecule has 3 nitrogen and oxygen atoms in total. The van der Waals surface area contributed by atoms with Gasteiger partial charge in [-0.05, 0) is 38.9 Å². The van der Waals surface area contributed by atoms with Crippen LogP contribution in [0.2, 0.25) is 0 Å². The number of rotatable bonds is 1. The summed E-state index contributed by atoms with van der Waals surface area (Å²) in [7, 11) is 0. The van der Waals surface area contributed by atoms with Crippen molar-refractivity contribution in [1.29, 1.82) is 0 Å². The van der Waals surface area contributed by atoms with E-state index in [-0.39, 0.29) is 0 Å². The first-order valence-corrected chi connectivity index (χ1v) is 6.04. The van der Waals surface area contributed by atoms with Gasteiger partial charge in [0.15, 0.2) is 0 Å². The lowest BCUT2D eigenvalue weighted by Crippen LogP contribution is -2.62. The second kappa shape index (κ2) is 3.47. The van der Waals surface area contributed by atoms with E-state index in [0.717, 1.165) is 6.04 Å². The molecule has 0 unspecified atom stereocenters. The van der Waals surface area contributed by atoms with Gasteiger partial charge < -0.3 is 10.6 Å². The van der Waals surface area contributed by atoms with Crippen LogP contribution in [0.5, 0.6) is 0 Å². The zero-order valence-corrected chi connectivity index (χ0v) is 8.89. The highest BCUT2D eigenvalue weighted by atomic mass is 15.3. The molecule has 0 aliphatic carbocycles. The van der Waals surface area contributed by atoms with Gasteiger partial charge in [0.25, 0.3) is 0 Å². The van der Waals surface area contributed by atoms with Gasteiger partial charge in [-0.15, -0.1) is 0 Å². The van der Waals surface area contributed by atoms with Crippen LogP contribution in [-0.4, -0.2) is 50.2 Å². The van der Waals surface area contributed by atoms with E-state index in [4.69, 9.17) is 0 Å². The van der Waals surface area contributed by atoms with Gasteiger partial charge in [0.2, 0.25) is 0 Å². The van der Waals surface area contributed by atoms with Crippen LogP contribution in [-0.2, 0) is 0 Å². The molecular formula is C11H21N3. The van der Waals surface area contributed by atoms with Crippen molar-refractivity contribution in [1.82, 2.24) is 15.5 Å². The van der Waals surface area contributed by atoms with Crippen LogP contribution < -0.4 is 10.6 Å². The monoisotopic (exact) mass is 195 g/mol. The molecule has 3 aliphatic heterocycles. The molecule has 0 amide bonds. The van der Waals surface area contributed by atoms with E-state index >= 15 is 0 Å². The molecule has 0 aromatic heterocycles. The van der Waals surface area contributed by atoms with Gasteiger partial charge in [-0.25, -0.2) is 0 Å². The Labute approximate surface area is 86.2 Å². The predicted octanol–water partition coefficient (Wildman–Crippen LogP) is 0.0337. The van der Waals surface area contributed by atoms with Gasteiger partial charge in [0.1, 0.15) is 0 Å². The van der Waals surface area contributed by atoms with Crippen molar-refractivity contribution >= 4 is 0 Å². The van der Waals surface area contributed by atoms with Crippen molar-refractivity contribution in [3.05, 3.63) is 0 Å². The Morgan fingerprint density at radius 3 is 2.43 bits per heavy atom. The Hall–Kier alpha value is -0.120. The SMILES string of the molecule is C1CC(N2CC3(CCNC3)C2)CCN1. The normalized spacial score (nSPS) is 33.4. The predicted molar refractivity (Wildman–Crippen MR) is 57.4 cm³/mol. The molecule has 3 aliphatic rings. The molecule has 0 saturated carbocycles. The van der Waals surface area contributed by atoms with E-state index in [0.29, 0.717) is 5.41 Å². The minimum Gasteiger partial charge on any atom is -0.317 e. The summed E-state index contributed by atoms with van der Waals surface area (Å²) in [5.74, 6) is 0. The minimum absolute atomic E-state index is 0.685. The summed E-state index contributed by atoms with van der Waals surface area (Å²) >= 11 is 0. The second-order valence-electron chi connectivity index (χ2n) is 5.31. The standard InChI is InChI=1S/C11H21N3/c1-4-12-5-2-10(1)14-8-11(9-14)3-6-13-7-11/h10,12-13H,1-9H2. The average molecular weight is 195 g/mol. The molecule has 0 bridgehead atoms. The summed E-state index contributed by atoms with van der Waals surface area (Å²) in [6.07, 6.45) is 4.14. The van der Waals surface area contributed by atoms with Crippen molar-refractivity contribution in [2.45, 2.75) is 25.3 Å². The highest BCUT2D eigenvalue weighted by Gasteiger charge is 2.46. The van der Waals surface area contributed by atoms with Crippen molar-refractivity contribution < 1.29 is 0 Å². The van der Waals surface area contributed by atoms with Crippen LogP contribution in [0.15, 0.2) is 0 Å². The molecule has 2 N–H and O–H groups in total. The number of nitrogens with zero attached hydrogens (tertiary/aromatic N) is 1. The maximum atomic E-state index is 3.50. The molecule has 3 rings (SSSR count). The number of piperidine rings is 1. The summed E-state index contributed by atoms with van der Waals surface area (Å²) in [5.41, 5.74) is 0.685. The van der Waals surface area contributed by atoms with E-state index < -0.39 is 0 Å². The minimum atomic E-state index is 0.685. The fourth-order valence-corrected chi connectivity index (χ4v) is 3.31. The molecule has 0 atom stereocenters. The van der Waals surface area contributed by atoms with E-state index in [1.54, 1.807) is 0 Å². The zero-order chi connectivity index (χ0) is 9.43. The van der Waals surface area contributed by atoms with Gasteiger partial charge in [-0.3, -0.25) is 4.90 Å². The fraction of sp³-hybridized carbons (Fsp3) is 1.00. The van der Waals surface area contributed by atoms with Crippen LogP contribution >= 0.6 is 0 Å². The van der Waals surface area contributed by atoms with Gasteiger partial charge in [-0.1, -0.05) is 0 Å². The highest BCUT2D eigenvalue weighted by molar-refractivity contribution is 5.02. The van der Waals surface area contributed by atoms with E-state index in [1.165, 1.54) is 58.5 Å². The topological polar surface area (TPSA) is 27.3 Å². The number of hydrogen-bond donors (Lipinski definition) is 2. The molecule has 0 radical (unpaired) electrons. The fourth-order valence-electron chi connectivity index (χ4n) is 3.31. The van der Waals surface area contributed by atoms with Crippen LogP contribution in [0.1, 0.15) is 19.3 Å². The highest BCUT2D eigenvalue weighted by Crippen LogP contribution is 2.38. The summed E-state index contributed by atoms with van der Waals surface area (Å²) in [6, 6.07) is 0.891. The van der Waals surface area contributed by atoms with Crippen LogP contribution in [0, 0.1) is 5.41 Å². The molecule has 1 spiro atoms. The molecule has 3 heterocycles. The Balaban J connectivity index is 1.52. The summed E-state index contributed by atoms with van der Waals surface area (Å²) in [4.78, 5) is 2.72. The number of hydrogen-bond acceptors (Lipinski definition) is 3. The van der Waals surface area contributed by atoms with Gasteiger partial charge >= 0.3 is 0 Å². The Morgan fingerprint density at radius 1 is 1.00 bits per heavy atom. The Morgan fingerprint density at radius 2 is 1.79 bits per heavy atom. The van der Waals surface area contributed by atoms with E-state index in [9.17, 15) is 0 Å². The Kier molecular flexibility index (Phi) is 2.26. The first-order chi connectivity index (χ1) is 6.88. The molecule has 80 valence electrons. The van der Waals surface area contributed by atoms with Gasteiger partial charge in [0, 0.05) is 31.1 Å². The second-order valence-corrected chi connectivity index (χ2v) is 5.31. The largest absolute Gasteiger partial charge is 0.317 e. The molecule has 0 aromatic rings. The average Bonchev–Trinajstić information content (AvgIpc) is 2.65. The maximum Gasteiger partial charge on any atom is 0.0120 e. The summed E-state index contributed by atoms with van der Waals surface area (Å²) in [6.45, 7) is 7.71.